The summed E-state index contributed by atoms with van der Waals surface area (Å²) in [4.78, 5) is 20.8. The maximum absolute atomic E-state index is 12.3. The third kappa shape index (κ3) is 3.14. The van der Waals surface area contributed by atoms with Gasteiger partial charge in [0.15, 0.2) is 0 Å². The lowest BCUT2D eigenvalue weighted by Gasteiger charge is -2.22. The molecule has 4 heterocycles. The van der Waals surface area contributed by atoms with Crippen LogP contribution in [0.25, 0.3) is 11.3 Å². The molecule has 0 bridgehead atoms. The summed E-state index contributed by atoms with van der Waals surface area (Å²) in [5.74, 6) is 0. The van der Waals surface area contributed by atoms with Crippen LogP contribution >= 0.6 is 0 Å². The van der Waals surface area contributed by atoms with Gasteiger partial charge in [-0.25, -0.2) is 4.79 Å². The van der Waals surface area contributed by atoms with E-state index in [1.54, 1.807) is 11.1 Å². The van der Waals surface area contributed by atoms with Gasteiger partial charge in [0, 0.05) is 31.4 Å². The summed E-state index contributed by atoms with van der Waals surface area (Å²) in [6, 6.07) is 16.0. The minimum absolute atomic E-state index is 0.0570. The van der Waals surface area contributed by atoms with E-state index in [-0.39, 0.29) is 18.2 Å². The molecule has 1 N–H and O–H groups in total. The summed E-state index contributed by atoms with van der Waals surface area (Å²) < 4.78 is 5.63. The zero-order valence-electron chi connectivity index (χ0n) is 15.4. The molecule has 2 aromatic heterocycles. The fourth-order valence-electron chi connectivity index (χ4n) is 4.08. The normalized spacial score (nSPS) is 21.7. The lowest BCUT2D eigenvalue weighted by Crippen LogP contribution is -2.37. The van der Waals surface area contributed by atoms with Crippen molar-refractivity contribution in [2.75, 3.05) is 13.1 Å². The van der Waals surface area contributed by atoms with Crippen molar-refractivity contribution in [1.29, 1.82) is 0 Å². The average Bonchev–Trinajstić information content (AvgIpc) is 3.41. The van der Waals surface area contributed by atoms with Gasteiger partial charge in [-0.3, -0.25) is 19.9 Å². The molecule has 1 aromatic carbocycles. The van der Waals surface area contributed by atoms with Crippen molar-refractivity contribution in [3.63, 3.8) is 0 Å². The molecule has 0 aliphatic carbocycles. The summed E-state index contributed by atoms with van der Waals surface area (Å²) >= 11 is 0. The number of aromatic nitrogens is 3. The first-order valence-electron chi connectivity index (χ1n) is 9.45. The van der Waals surface area contributed by atoms with Gasteiger partial charge in [0.25, 0.3) is 0 Å². The van der Waals surface area contributed by atoms with Crippen LogP contribution in [0, 0.1) is 0 Å². The van der Waals surface area contributed by atoms with Crippen molar-refractivity contribution in [2.45, 2.75) is 25.2 Å². The van der Waals surface area contributed by atoms with Gasteiger partial charge in [0.05, 0.1) is 30.2 Å². The minimum Gasteiger partial charge on any atom is -0.442 e. The number of aromatic amines is 1. The quantitative estimate of drug-likeness (QED) is 0.742. The lowest BCUT2D eigenvalue weighted by molar-refractivity contribution is 0.119. The number of fused-ring (bicyclic) bond motifs is 1. The van der Waals surface area contributed by atoms with Crippen LogP contribution in [-0.2, 0) is 17.8 Å². The molecular weight excluding hydrogens is 354 g/mol. The van der Waals surface area contributed by atoms with Gasteiger partial charge in [-0.15, -0.1) is 0 Å². The summed E-state index contributed by atoms with van der Waals surface area (Å²) in [6.07, 6.45) is 3.30. The van der Waals surface area contributed by atoms with Crippen molar-refractivity contribution in [1.82, 2.24) is 25.0 Å². The maximum Gasteiger partial charge on any atom is 0.410 e. The Labute approximate surface area is 163 Å². The number of hydrogen-bond acceptors (Lipinski definition) is 5. The van der Waals surface area contributed by atoms with E-state index in [0.29, 0.717) is 6.54 Å². The molecule has 0 saturated carbocycles. The number of rotatable bonds is 5. The number of H-pyrrole nitrogens is 1. The predicted molar refractivity (Wildman–Crippen MR) is 103 cm³/mol. The highest BCUT2D eigenvalue weighted by Crippen LogP contribution is 2.30. The van der Waals surface area contributed by atoms with Crippen LogP contribution < -0.4 is 0 Å². The number of likely N-dealkylation sites (tertiary alicyclic amines) is 1. The molecule has 2 aliphatic rings. The molecule has 2 atom stereocenters. The fourth-order valence-corrected chi connectivity index (χ4v) is 4.08. The van der Waals surface area contributed by atoms with Gasteiger partial charge in [-0.2, -0.15) is 5.10 Å². The summed E-state index contributed by atoms with van der Waals surface area (Å²) in [5, 5.41) is 7.35. The van der Waals surface area contributed by atoms with E-state index in [0.717, 1.165) is 42.1 Å². The van der Waals surface area contributed by atoms with Gasteiger partial charge in [0.1, 0.15) is 6.10 Å². The molecule has 5 rings (SSSR count). The standard InChI is InChI=1S/C21H21N5O2/c27-21-26(12-17-8-4-5-9-22-17)18-13-25(14-19(18)28-21)11-16-10-23-24-20(16)15-6-2-1-3-7-15/h1-10,18-19H,11-14H2,(H,23,24)/t18-,19+/m0/s1. The molecule has 3 aromatic rings. The van der Waals surface area contributed by atoms with E-state index < -0.39 is 0 Å². The summed E-state index contributed by atoms with van der Waals surface area (Å²) in [7, 11) is 0. The Morgan fingerprint density at radius 2 is 1.93 bits per heavy atom. The third-order valence-corrected chi connectivity index (χ3v) is 5.43. The van der Waals surface area contributed by atoms with Crippen LogP contribution in [0.3, 0.4) is 0 Å². The predicted octanol–water partition coefficient (Wildman–Crippen LogP) is 2.68. The van der Waals surface area contributed by atoms with E-state index in [2.05, 4.69) is 32.2 Å². The Morgan fingerprint density at radius 3 is 2.75 bits per heavy atom. The minimum atomic E-state index is -0.242. The Bertz CT molecular complexity index is 959. The molecule has 142 valence electrons. The number of nitrogens with one attached hydrogen (secondary N) is 1. The molecule has 2 saturated heterocycles. The monoisotopic (exact) mass is 375 g/mol. The number of pyridine rings is 1. The molecule has 2 fully saturated rings. The van der Waals surface area contributed by atoms with Crippen molar-refractivity contribution >= 4 is 6.09 Å². The van der Waals surface area contributed by atoms with Crippen molar-refractivity contribution in [3.05, 3.63) is 72.2 Å². The molecule has 0 unspecified atom stereocenters. The molecule has 1 amide bonds. The van der Waals surface area contributed by atoms with Crippen molar-refractivity contribution < 1.29 is 9.53 Å². The SMILES string of the molecule is O=C1O[C@@H]2CN(Cc3cn[nH]c3-c3ccccc3)C[C@@H]2N1Cc1ccccn1. The van der Waals surface area contributed by atoms with Gasteiger partial charge in [-0.05, 0) is 17.7 Å². The second-order valence-corrected chi connectivity index (χ2v) is 7.27. The molecule has 7 heteroatoms. The van der Waals surface area contributed by atoms with E-state index in [4.69, 9.17) is 4.74 Å². The summed E-state index contributed by atoms with van der Waals surface area (Å²) in [5.41, 5.74) is 4.19. The smallest absolute Gasteiger partial charge is 0.410 e. The number of carbonyl (C=O) groups excluding carboxylic acids is 1. The van der Waals surface area contributed by atoms with Crippen LogP contribution in [0.5, 0.6) is 0 Å². The molecule has 28 heavy (non-hydrogen) atoms. The van der Waals surface area contributed by atoms with Crippen LogP contribution in [0.4, 0.5) is 4.79 Å². The van der Waals surface area contributed by atoms with E-state index >= 15 is 0 Å². The highest BCUT2D eigenvalue weighted by Gasteiger charge is 2.47. The van der Waals surface area contributed by atoms with Crippen LogP contribution in [0.1, 0.15) is 11.3 Å². The molecule has 0 radical (unpaired) electrons. The van der Waals surface area contributed by atoms with Crippen LogP contribution in [0.15, 0.2) is 60.9 Å². The number of carbonyl (C=O) groups is 1. The topological polar surface area (TPSA) is 74.3 Å². The van der Waals surface area contributed by atoms with Crippen LogP contribution in [0.2, 0.25) is 0 Å². The largest absolute Gasteiger partial charge is 0.442 e. The maximum atomic E-state index is 12.3. The van der Waals surface area contributed by atoms with Gasteiger partial charge >= 0.3 is 6.09 Å². The first kappa shape index (κ1) is 16.9. The zero-order chi connectivity index (χ0) is 18.9. The Balaban J connectivity index is 1.29. The molecular formula is C21H21N5O2. The van der Waals surface area contributed by atoms with Gasteiger partial charge in [-0.1, -0.05) is 36.4 Å². The van der Waals surface area contributed by atoms with Gasteiger partial charge < -0.3 is 4.74 Å². The lowest BCUT2D eigenvalue weighted by atomic mass is 10.1. The van der Waals surface area contributed by atoms with Crippen molar-refractivity contribution in [2.24, 2.45) is 0 Å². The molecule has 0 spiro atoms. The van der Waals surface area contributed by atoms with Crippen LogP contribution in [-0.4, -0.2) is 56.3 Å². The average molecular weight is 375 g/mol. The number of benzene rings is 1. The first-order valence-corrected chi connectivity index (χ1v) is 9.45. The number of hydrogen-bond donors (Lipinski definition) is 1. The number of amides is 1. The highest BCUT2D eigenvalue weighted by molar-refractivity contribution is 5.71. The summed E-state index contributed by atoms with van der Waals surface area (Å²) in [6.45, 7) is 2.76. The Morgan fingerprint density at radius 1 is 1.07 bits per heavy atom. The molecule has 7 nitrogen and oxygen atoms in total. The highest BCUT2D eigenvalue weighted by atomic mass is 16.6. The molecule has 2 aliphatic heterocycles. The van der Waals surface area contributed by atoms with Gasteiger partial charge in [0.2, 0.25) is 0 Å². The second kappa shape index (κ2) is 7.09. The Kier molecular flexibility index (Phi) is 4.29. The third-order valence-electron chi connectivity index (χ3n) is 5.43. The fraction of sp³-hybridized carbons (Fsp3) is 0.286. The van der Waals surface area contributed by atoms with E-state index in [1.807, 2.05) is 42.6 Å². The Hall–Kier alpha value is -3.19. The van der Waals surface area contributed by atoms with Crippen molar-refractivity contribution in [3.8, 4) is 11.3 Å². The van der Waals surface area contributed by atoms with E-state index in [9.17, 15) is 4.79 Å². The number of ether oxygens (including phenoxy) is 1. The zero-order valence-corrected chi connectivity index (χ0v) is 15.4. The second-order valence-electron chi connectivity index (χ2n) is 7.27. The van der Waals surface area contributed by atoms with E-state index in [1.165, 1.54) is 0 Å². The number of nitrogens with zero attached hydrogens (tertiary/aromatic N) is 4. The first-order chi connectivity index (χ1) is 13.8.